The molecule has 0 spiro atoms. The zero-order chi connectivity index (χ0) is 20.4. The van der Waals surface area contributed by atoms with Gasteiger partial charge in [-0.1, -0.05) is 44.6 Å². The summed E-state index contributed by atoms with van der Waals surface area (Å²) in [7, 11) is 2.02. The van der Waals surface area contributed by atoms with Crippen LogP contribution in [0.1, 0.15) is 59.4 Å². The predicted molar refractivity (Wildman–Crippen MR) is 117 cm³/mol. The van der Waals surface area contributed by atoms with Crippen molar-refractivity contribution in [2.24, 2.45) is 4.99 Å². The highest BCUT2D eigenvalue weighted by Gasteiger charge is 2.19. The van der Waals surface area contributed by atoms with Crippen molar-refractivity contribution in [2.45, 2.75) is 59.9 Å². The fourth-order valence-electron chi connectivity index (χ4n) is 3.22. The van der Waals surface area contributed by atoms with Crippen LogP contribution in [0.2, 0.25) is 0 Å². The lowest BCUT2D eigenvalue weighted by atomic mass is 9.97. The van der Waals surface area contributed by atoms with Gasteiger partial charge in [0, 0.05) is 30.4 Å². The van der Waals surface area contributed by atoms with E-state index in [1.54, 1.807) is 12.1 Å². The van der Waals surface area contributed by atoms with E-state index in [4.69, 9.17) is 4.99 Å². The van der Waals surface area contributed by atoms with Gasteiger partial charge in [0.1, 0.15) is 11.6 Å². The molecule has 1 aromatic rings. The summed E-state index contributed by atoms with van der Waals surface area (Å²) >= 11 is 0. The Bertz CT molecular complexity index is 647. The van der Waals surface area contributed by atoms with Crippen molar-refractivity contribution in [2.75, 3.05) is 20.1 Å². The Hall–Kier alpha value is -1.94. The first-order chi connectivity index (χ1) is 12.8. The minimum Gasteiger partial charge on any atom is -0.357 e. The van der Waals surface area contributed by atoms with Crippen LogP contribution < -0.4 is 5.32 Å². The van der Waals surface area contributed by atoms with E-state index in [1.807, 2.05) is 14.0 Å². The van der Waals surface area contributed by atoms with Gasteiger partial charge in [-0.15, -0.1) is 0 Å². The minimum absolute atomic E-state index is 0.224. The van der Waals surface area contributed by atoms with Crippen molar-refractivity contribution >= 4 is 11.3 Å². The van der Waals surface area contributed by atoms with Crippen LogP contribution in [0.3, 0.4) is 0 Å². The molecule has 2 rings (SSSR count). The molecule has 1 aliphatic heterocycles. The predicted octanol–water partition coefficient (Wildman–Crippen LogP) is 5.65. The van der Waals surface area contributed by atoms with Gasteiger partial charge >= 0.3 is 0 Å². The van der Waals surface area contributed by atoms with Crippen molar-refractivity contribution in [3.05, 3.63) is 53.6 Å². The number of hydrogen-bond donors (Lipinski definition) is 1. The molecule has 150 valence electrons. The van der Waals surface area contributed by atoms with Gasteiger partial charge in [0.2, 0.25) is 0 Å². The number of likely N-dealkylation sites (tertiary alicyclic amines) is 1. The number of aliphatic imine (C=N–C) groups is 1. The van der Waals surface area contributed by atoms with Crippen LogP contribution in [0.5, 0.6) is 0 Å². The first-order valence-electron chi connectivity index (χ1n) is 9.94. The molecule has 1 heterocycles. The second-order valence-corrected chi connectivity index (χ2v) is 7.25. The van der Waals surface area contributed by atoms with E-state index in [1.165, 1.54) is 18.6 Å². The number of nitrogens with zero attached hydrogens (tertiary/aromatic N) is 2. The number of rotatable bonds is 5. The number of halogens is 1. The van der Waals surface area contributed by atoms with Crippen LogP contribution in [0.4, 0.5) is 4.39 Å². The van der Waals surface area contributed by atoms with Gasteiger partial charge in [-0.3, -0.25) is 0 Å². The number of nitrogens with one attached hydrogen (secondary N) is 1. The molecule has 0 atom stereocenters. The van der Waals surface area contributed by atoms with E-state index < -0.39 is 0 Å². The van der Waals surface area contributed by atoms with Crippen molar-refractivity contribution < 1.29 is 4.39 Å². The molecule has 1 saturated heterocycles. The van der Waals surface area contributed by atoms with Gasteiger partial charge in [0.15, 0.2) is 0 Å². The SMILES string of the molecule is C=C(/N=C(/C)C(=C(C)C)c1ccc(F)cc1)N1CCC(NC)CC1.CCC. The Labute approximate surface area is 165 Å². The lowest BCUT2D eigenvalue weighted by Crippen LogP contribution is -2.40. The molecule has 1 aliphatic rings. The van der Waals surface area contributed by atoms with Gasteiger partial charge in [-0.25, -0.2) is 9.38 Å². The molecule has 0 aromatic heterocycles. The number of benzene rings is 1. The number of allylic oxidation sites excluding steroid dienone is 2. The average molecular weight is 374 g/mol. The third-order valence-corrected chi connectivity index (χ3v) is 4.56. The number of hydrogen-bond acceptors (Lipinski definition) is 3. The summed E-state index contributed by atoms with van der Waals surface area (Å²) in [5, 5.41) is 3.33. The highest BCUT2D eigenvalue weighted by atomic mass is 19.1. The second kappa shape index (κ2) is 11.7. The fourth-order valence-corrected chi connectivity index (χ4v) is 3.22. The van der Waals surface area contributed by atoms with Gasteiger partial charge in [-0.2, -0.15) is 0 Å². The molecule has 27 heavy (non-hydrogen) atoms. The smallest absolute Gasteiger partial charge is 0.123 e. The third-order valence-electron chi connectivity index (χ3n) is 4.56. The monoisotopic (exact) mass is 373 g/mol. The molecular weight excluding hydrogens is 337 g/mol. The summed E-state index contributed by atoms with van der Waals surface area (Å²) in [5.74, 6) is 0.584. The van der Waals surface area contributed by atoms with Crippen molar-refractivity contribution in [1.82, 2.24) is 10.2 Å². The maximum absolute atomic E-state index is 13.2. The van der Waals surface area contributed by atoms with Crippen molar-refractivity contribution in [3.63, 3.8) is 0 Å². The molecule has 0 aliphatic carbocycles. The van der Waals surface area contributed by atoms with E-state index >= 15 is 0 Å². The Morgan fingerprint density at radius 3 is 2.11 bits per heavy atom. The summed E-state index contributed by atoms with van der Waals surface area (Å²) in [6.07, 6.45) is 3.47. The summed E-state index contributed by atoms with van der Waals surface area (Å²) in [5.41, 5.74) is 4.12. The lowest BCUT2D eigenvalue weighted by Gasteiger charge is -2.33. The molecule has 0 radical (unpaired) electrons. The summed E-state index contributed by atoms with van der Waals surface area (Å²) < 4.78 is 13.2. The highest BCUT2D eigenvalue weighted by molar-refractivity contribution is 6.23. The quantitative estimate of drug-likeness (QED) is 0.675. The van der Waals surface area contributed by atoms with E-state index in [-0.39, 0.29) is 5.82 Å². The molecule has 1 N–H and O–H groups in total. The normalized spacial score (nSPS) is 15.1. The van der Waals surface area contributed by atoms with Crippen molar-refractivity contribution in [1.29, 1.82) is 0 Å². The maximum Gasteiger partial charge on any atom is 0.123 e. The van der Waals surface area contributed by atoms with E-state index in [2.05, 4.69) is 44.5 Å². The topological polar surface area (TPSA) is 27.6 Å². The van der Waals surface area contributed by atoms with Crippen LogP contribution in [0.25, 0.3) is 5.57 Å². The first kappa shape index (κ1) is 23.1. The van der Waals surface area contributed by atoms with Crippen molar-refractivity contribution in [3.8, 4) is 0 Å². The van der Waals surface area contributed by atoms with E-state index in [9.17, 15) is 4.39 Å². The summed E-state index contributed by atoms with van der Waals surface area (Å²) in [6, 6.07) is 7.17. The minimum atomic E-state index is -0.224. The van der Waals surface area contributed by atoms with Gasteiger partial charge in [0.05, 0.1) is 0 Å². The molecule has 0 saturated carbocycles. The zero-order valence-electron chi connectivity index (χ0n) is 17.9. The molecule has 3 nitrogen and oxygen atoms in total. The Morgan fingerprint density at radius 2 is 1.67 bits per heavy atom. The molecular formula is C23H36FN3. The molecule has 4 heteroatoms. The average Bonchev–Trinajstić information content (AvgIpc) is 2.64. The summed E-state index contributed by atoms with van der Waals surface area (Å²) in [4.78, 5) is 6.99. The maximum atomic E-state index is 13.2. The molecule has 0 unspecified atom stereocenters. The van der Waals surface area contributed by atoms with E-state index in [0.717, 1.165) is 54.2 Å². The molecule has 0 bridgehead atoms. The largest absolute Gasteiger partial charge is 0.357 e. The van der Waals surface area contributed by atoms with Crippen LogP contribution in [-0.2, 0) is 0 Å². The van der Waals surface area contributed by atoms with E-state index in [0.29, 0.717) is 6.04 Å². The van der Waals surface area contributed by atoms with Gasteiger partial charge in [-0.05, 0) is 58.4 Å². The highest BCUT2D eigenvalue weighted by Crippen LogP contribution is 2.23. The lowest BCUT2D eigenvalue weighted by molar-refractivity contribution is 0.247. The fraction of sp³-hybridized carbons (Fsp3) is 0.522. The summed E-state index contributed by atoms with van der Waals surface area (Å²) in [6.45, 7) is 16.5. The third kappa shape index (κ3) is 7.30. The molecule has 0 amide bonds. The Balaban J connectivity index is 0.00000114. The zero-order valence-corrected chi connectivity index (χ0v) is 17.9. The Morgan fingerprint density at radius 1 is 1.15 bits per heavy atom. The van der Waals surface area contributed by atoms with Crippen LogP contribution in [-0.4, -0.2) is 36.8 Å². The van der Waals surface area contributed by atoms with Gasteiger partial charge < -0.3 is 10.2 Å². The van der Waals surface area contributed by atoms with Crippen LogP contribution in [0.15, 0.2) is 47.2 Å². The standard InChI is InChI=1S/C20H28FN3.C3H8/c1-14(2)20(17-6-8-18(21)9-7-17)15(3)23-16(4)24-12-10-19(22-5)11-13-24;1-3-2/h6-9,19,22H,4,10-13H2,1-3,5H3;3H2,1-2H3/b23-15-;. The Kier molecular flexibility index (Phi) is 10.0. The molecule has 1 fully saturated rings. The van der Waals surface area contributed by atoms with Crippen LogP contribution in [0, 0.1) is 5.82 Å². The van der Waals surface area contributed by atoms with Gasteiger partial charge in [0.25, 0.3) is 0 Å². The number of piperidine rings is 1. The molecule has 1 aromatic carbocycles. The van der Waals surface area contributed by atoms with Crippen LogP contribution >= 0.6 is 0 Å². The first-order valence-corrected chi connectivity index (χ1v) is 9.94. The second-order valence-electron chi connectivity index (χ2n) is 7.25.